The molecule has 21 heavy (non-hydrogen) atoms. The highest BCUT2D eigenvalue weighted by Crippen LogP contribution is 2.14. The number of rotatable bonds is 2. The zero-order valence-corrected chi connectivity index (χ0v) is 12.1. The Morgan fingerprint density at radius 2 is 2.05 bits per heavy atom. The minimum atomic E-state index is -0.00323. The van der Waals surface area contributed by atoms with Gasteiger partial charge >= 0.3 is 0 Å². The number of hydrogen-bond donors (Lipinski definition) is 0. The summed E-state index contributed by atoms with van der Waals surface area (Å²) in [6.07, 6.45) is 5.24. The standard InChI is InChI=1S/C15H18N4O2/c1-11-9-18(10-12(2)21-11)15(20)13-4-5-14(16-8-13)19-7-3-6-17-19/h3-8,11-12H,9-10H2,1-2H3/t11-,12+. The van der Waals surface area contributed by atoms with Crippen LogP contribution in [0, 0.1) is 0 Å². The van der Waals surface area contributed by atoms with E-state index in [0.717, 1.165) is 0 Å². The van der Waals surface area contributed by atoms with Crippen LogP contribution in [0.5, 0.6) is 0 Å². The van der Waals surface area contributed by atoms with Crippen molar-refractivity contribution in [2.24, 2.45) is 0 Å². The van der Waals surface area contributed by atoms with Gasteiger partial charge in [-0.2, -0.15) is 5.10 Å². The maximum Gasteiger partial charge on any atom is 0.255 e. The minimum Gasteiger partial charge on any atom is -0.372 e. The Morgan fingerprint density at radius 3 is 2.62 bits per heavy atom. The summed E-state index contributed by atoms with van der Waals surface area (Å²) in [5.41, 5.74) is 0.590. The molecule has 1 fully saturated rings. The molecule has 0 aliphatic carbocycles. The number of hydrogen-bond acceptors (Lipinski definition) is 4. The molecule has 0 aromatic carbocycles. The van der Waals surface area contributed by atoms with Crippen molar-refractivity contribution in [3.05, 3.63) is 42.4 Å². The van der Waals surface area contributed by atoms with E-state index >= 15 is 0 Å². The van der Waals surface area contributed by atoms with Gasteiger partial charge < -0.3 is 9.64 Å². The van der Waals surface area contributed by atoms with Crippen LogP contribution in [0.15, 0.2) is 36.8 Å². The molecular formula is C15H18N4O2. The summed E-state index contributed by atoms with van der Waals surface area (Å²) < 4.78 is 7.31. The lowest BCUT2D eigenvalue weighted by Crippen LogP contribution is -2.48. The molecular weight excluding hydrogens is 268 g/mol. The first-order valence-electron chi connectivity index (χ1n) is 7.04. The first-order valence-corrected chi connectivity index (χ1v) is 7.04. The number of carbonyl (C=O) groups excluding carboxylic acids is 1. The Kier molecular flexibility index (Phi) is 3.70. The van der Waals surface area contributed by atoms with E-state index < -0.39 is 0 Å². The summed E-state index contributed by atoms with van der Waals surface area (Å²) >= 11 is 0. The van der Waals surface area contributed by atoms with E-state index in [4.69, 9.17) is 4.74 Å². The number of pyridine rings is 1. The van der Waals surface area contributed by atoms with E-state index in [1.807, 2.05) is 31.0 Å². The monoisotopic (exact) mass is 286 g/mol. The highest BCUT2D eigenvalue weighted by atomic mass is 16.5. The average molecular weight is 286 g/mol. The summed E-state index contributed by atoms with van der Waals surface area (Å²) in [5, 5.41) is 4.11. The molecule has 3 rings (SSSR count). The van der Waals surface area contributed by atoms with Crippen LogP contribution < -0.4 is 0 Å². The summed E-state index contributed by atoms with van der Waals surface area (Å²) in [6, 6.07) is 5.42. The lowest BCUT2D eigenvalue weighted by molar-refractivity contribution is -0.0586. The van der Waals surface area contributed by atoms with Crippen molar-refractivity contribution in [3.8, 4) is 5.82 Å². The molecule has 0 N–H and O–H groups in total. The zero-order chi connectivity index (χ0) is 14.8. The average Bonchev–Trinajstić information content (AvgIpc) is 3.00. The van der Waals surface area contributed by atoms with Crippen molar-refractivity contribution in [1.82, 2.24) is 19.7 Å². The number of morpholine rings is 1. The number of aromatic nitrogens is 3. The lowest BCUT2D eigenvalue weighted by atomic mass is 10.2. The van der Waals surface area contributed by atoms with Crippen LogP contribution in [0.25, 0.3) is 5.82 Å². The van der Waals surface area contributed by atoms with Gasteiger partial charge in [0, 0.05) is 31.7 Å². The van der Waals surface area contributed by atoms with E-state index in [0.29, 0.717) is 24.5 Å². The first kappa shape index (κ1) is 13.8. The van der Waals surface area contributed by atoms with Crippen molar-refractivity contribution in [3.63, 3.8) is 0 Å². The predicted octanol–water partition coefficient (Wildman–Crippen LogP) is 1.52. The van der Waals surface area contributed by atoms with Gasteiger partial charge in [-0.1, -0.05) is 0 Å². The van der Waals surface area contributed by atoms with Crippen LogP contribution in [0.3, 0.4) is 0 Å². The van der Waals surface area contributed by atoms with Crippen LogP contribution in [0.2, 0.25) is 0 Å². The number of amides is 1. The number of carbonyl (C=O) groups is 1. The SMILES string of the molecule is C[C@@H]1CN(C(=O)c2ccc(-n3cccn3)nc2)C[C@H](C)O1. The second kappa shape index (κ2) is 5.65. The molecule has 0 saturated carbocycles. The van der Waals surface area contributed by atoms with Crippen LogP contribution in [0.1, 0.15) is 24.2 Å². The normalized spacial score (nSPS) is 22.3. The quantitative estimate of drug-likeness (QED) is 0.839. The molecule has 2 atom stereocenters. The third-order valence-electron chi connectivity index (χ3n) is 3.44. The summed E-state index contributed by atoms with van der Waals surface area (Å²) in [5.74, 6) is 0.691. The van der Waals surface area contributed by atoms with Crippen molar-refractivity contribution in [2.45, 2.75) is 26.1 Å². The fraction of sp³-hybridized carbons (Fsp3) is 0.400. The molecule has 110 valence electrons. The highest BCUT2D eigenvalue weighted by Gasteiger charge is 2.26. The van der Waals surface area contributed by atoms with Crippen LogP contribution in [-0.4, -0.2) is 50.9 Å². The Morgan fingerprint density at radius 1 is 1.29 bits per heavy atom. The molecule has 0 spiro atoms. The molecule has 1 aliphatic rings. The second-order valence-corrected chi connectivity index (χ2v) is 5.32. The Hall–Kier alpha value is -2.21. The molecule has 2 aromatic heterocycles. The van der Waals surface area contributed by atoms with Gasteiger partial charge in [-0.25, -0.2) is 9.67 Å². The topological polar surface area (TPSA) is 60.2 Å². The molecule has 0 radical (unpaired) electrons. The number of nitrogens with zero attached hydrogens (tertiary/aromatic N) is 4. The molecule has 1 saturated heterocycles. The number of ether oxygens (including phenoxy) is 1. The van der Waals surface area contributed by atoms with Crippen LogP contribution in [-0.2, 0) is 4.74 Å². The van der Waals surface area contributed by atoms with Crippen molar-refractivity contribution >= 4 is 5.91 Å². The maximum absolute atomic E-state index is 12.5. The lowest BCUT2D eigenvalue weighted by Gasteiger charge is -2.35. The predicted molar refractivity (Wildman–Crippen MR) is 77.3 cm³/mol. The Labute approximate surface area is 123 Å². The van der Waals surface area contributed by atoms with E-state index in [1.165, 1.54) is 0 Å². The molecule has 1 amide bonds. The summed E-state index contributed by atoms with van der Waals surface area (Å²) in [4.78, 5) is 18.6. The summed E-state index contributed by atoms with van der Waals surface area (Å²) in [7, 11) is 0. The molecule has 6 nitrogen and oxygen atoms in total. The Balaban J connectivity index is 1.76. The molecule has 3 heterocycles. The zero-order valence-electron chi connectivity index (χ0n) is 12.1. The maximum atomic E-state index is 12.5. The largest absolute Gasteiger partial charge is 0.372 e. The van der Waals surface area contributed by atoms with Crippen LogP contribution in [0.4, 0.5) is 0 Å². The van der Waals surface area contributed by atoms with Gasteiger partial charge in [0.15, 0.2) is 5.82 Å². The van der Waals surface area contributed by atoms with Crippen molar-refractivity contribution in [2.75, 3.05) is 13.1 Å². The third-order valence-corrected chi connectivity index (χ3v) is 3.44. The third kappa shape index (κ3) is 2.95. The van der Waals surface area contributed by atoms with E-state index in [-0.39, 0.29) is 18.1 Å². The van der Waals surface area contributed by atoms with Gasteiger partial charge in [0.05, 0.1) is 17.8 Å². The van der Waals surface area contributed by atoms with Gasteiger partial charge in [0.25, 0.3) is 5.91 Å². The minimum absolute atomic E-state index is 0.00323. The van der Waals surface area contributed by atoms with Gasteiger partial charge in [0.1, 0.15) is 0 Å². The van der Waals surface area contributed by atoms with Gasteiger partial charge in [-0.05, 0) is 32.0 Å². The fourth-order valence-electron chi connectivity index (χ4n) is 2.58. The molecule has 0 bridgehead atoms. The second-order valence-electron chi connectivity index (χ2n) is 5.32. The highest BCUT2D eigenvalue weighted by molar-refractivity contribution is 5.94. The molecule has 6 heteroatoms. The smallest absolute Gasteiger partial charge is 0.255 e. The van der Waals surface area contributed by atoms with Gasteiger partial charge in [-0.3, -0.25) is 4.79 Å². The van der Waals surface area contributed by atoms with Gasteiger partial charge in [0.2, 0.25) is 0 Å². The van der Waals surface area contributed by atoms with E-state index in [1.54, 1.807) is 29.2 Å². The Bertz CT molecular complexity index is 599. The van der Waals surface area contributed by atoms with Crippen molar-refractivity contribution < 1.29 is 9.53 Å². The molecule has 2 aromatic rings. The van der Waals surface area contributed by atoms with Crippen LogP contribution >= 0.6 is 0 Å². The van der Waals surface area contributed by atoms with E-state index in [2.05, 4.69) is 10.1 Å². The molecule has 0 unspecified atom stereocenters. The molecule has 1 aliphatic heterocycles. The van der Waals surface area contributed by atoms with Crippen molar-refractivity contribution in [1.29, 1.82) is 0 Å². The van der Waals surface area contributed by atoms with E-state index in [9.17, 15) is 4.79 Å². The fourth-order valence-corrected chi connectivity index (χ4v) is 2.58. The summed E-state index contributed by atoms with van der Waals surface area (Å²) in [6.45, 7) is 5.19. The van der Waals surface area contributed by atoms with Gasteiger partial charge in [-0.15, -0.1) is 0 Å². The first-order chi connectivity index (χ1) is 10.1.